The summed E-state index contributed by atoms with van der Waals surface area (Å²) in [5.74, 6) is 1.43. The summed E-state index contributed by atoms with van der Waals surface area (Å²) >= 11 is 0. The van der Waals surface area contributed by atoms with Gasteiger partial charge in [-0.1, -0.05) is 0 Å². The van der Waals surface area contributed by atoms with E-state index in [1.165, 1.54) is 32.5 Å². The maximum Gasteiger partial charge on any atom is 0.152 e. The Balaban J connectivity index is 1.67. The van der Waals surface area contributed by atoms with E-state index < -0.39 is 9.84 Å². The average molecular weight is 258 g/mol. The zero-order chi connectivity index (χ0) is 12.1. The van der Waals surface area contributed by atoms with Gasteiger partial charge in [0, 0.05) is 18.1 Å². The number of hydrogen-bond donors (Lipinski definition) is 1. The third kappa shape index (κ3) is 2.37. The van der Waals surface area contributed by atoms with Crippen LogP contribution in [0.25, 0.3) is 0 Å². The second kappa shape index (κ2) is 3.93. The largest absolute Gasteiger partial charge is 0.307 e. The van der Waals surface area contributed by atoms with Crippen molar-refractivity contribution in [2.75, 3.05) is 31.1 Å². The van der Waals surface area contributed by atoms with Gasteiger partial charge >= 0.3 is 0 Å². The van der Waals surface area contributed by atoms with Gasteiger partial charge in [0.2, 0.25) is 0 Å². The zero-order valence-corrected chi connectivity index (χ0v) is 11.3. The summed E-state index contributed by atoms with van der Waals surface area (Å²) in [5.41, 5.74) is -0.172. The molecule has 2 bridgehead atoms. The highest BCUT2D eigenvalue weighted by Gasteiger charge is 2.43. The van der Waals surface area contributed by atoms with Crippen molar-refractivity contribution in [3.05, 3.63) is 0 Å². The monoisotopic (exact) mass is 258 g/mol. The molecule has 0 aromatic carbocycles. The van der Waals surface area contributed by atoms with E-state index in [4.69, 9.17) is 0 Å². The minimum Gasteiger partial charge on any atom is -0.307 e. The third-order valence-electron chi connectivity index (χ3n) is 4.67. The molecule has 3 saturated heterocycles. The van der Waals surface area contributed by atoms with Crippen molar-refractivity contribution in [3.8, 4) is 0 Å². The molecule has 3 aliphatic rings. The van der Waals surface area contributed by atoms with Gasteiger partial charge in [0.05, 0.1) is 11.5 Å². The van der Waals surface area contributed by atoms with Gasteiger partial charge in [0.15, 0.2) is 9.84 Å². The van der Waals surface area contributed by atoms with Crippen molar-refractivity contribution in [2.45, 2.75) is 37.8 Å². The fourth-order valence-corrected chi connectivity index (χ4v) is 5.82. The Labute approximate surface area is 104 Å². The minimum absolute atomic E-state index is 0.172. The Morgan fingerprint density at radius 3 is 2.76 bits per heavy atom. The maximum atomic E-state index is 11.6. The molecule has 1 N–H and O–H groups in total. The standard InChI is InChI=1S/C12H22N2O2S/c1-12(4-7-17(15,16)9-12)13-11-3-6-14-5-2-10(11)8-14/h10-11,13H,2-9H2,1H3. The molecule has 0 aromatic heterocycles. The Bertz CT molecular complexity index is 409. The van der Waals surface area contributed by atoms with E-state index in [9.17, 15) is 8.42 Å². The molecular formula is C12H22N2O2S. The van der Waals surface area contributed by atoms with Gasteiger partial charge in [-0.2, -0.15) is 0 Å². The van der Waals surface area contributed by atoms with Gasteiger partial charge in [-0.15, -0.1) is 0 Å². The van der Waals surface area contributed by atoms with E-state index in [-0.39, 0.29) is 5.54 Å². The van der Waals surface area contributed by atoms with Crippen LogP contribution < -0.4 is 5.32 Å². The Hall–Kier alpha value is -0.130. The van der Waals surface area contributed by atoms with Crippen LogP contribution in [0.5, 0.6) is 0 Å². The van der Waals surface area contributed by atoms with Gasteiger partial charge < -0.3 is 10.2 Å². The van der Waals surface area contributed by atoms with Gasteiger partial charge in [-0.3, -0.25) is 0 Å². The van der Waals surface area contributed by atoms with Crippen LogP contribution in [0.2, 0.25) is 0 Å². The van der Waals surface area contributed by atoms with Crippen molar-refractivity contribution >= 4 is 9.84 Å². The molecule has 4 unspecified atom stereocenters. The van der Waals surface area contributed by atoms with E-state index >= 15 is 0 Å². The molecular weight excluding hydrogens is 236 g/mol. The first-order chi connectivity index (χ1) is 7.96. The van der Waals surface area contributed by atoms with Crippen LogP contribution in [0.4, 0.5) is 0 Å². The fourth-order valence-electron chi connectivity index (χ4n) is 3.71. The number of rotatable bonds is 2. The van der Waals surface area contributed by atoms with Gasteiger partial charge in [-0.05, 0) is 45.2 Å². The summed E-state index contributed by atoms with van der Waals surface area (Å²) in [6.45, 7) is 5.70. The number of hydrogen-bond acceptors (Lipinski definition) is 4. The second-order valence-corrected chi connectivity index (χ2v) is 8.48. The highest BCUT2D eigenvalue weighted by Crippen LogP contribution is 2.31. The van der Waals surface area contributed by atoms with E-state index in [1.54, 1.807) is 0 Å². The van der Waals surface area contributed by atoms with E-state index in [2.05, 4.69) is 17.1 Å². The lowest BCUT2D eigenvalue weighted by atomic mass is 9.90. The van der Waals surface area contributed by atoms with Crippen LogP contribution in [0, 0.1) is 5.92 Å². The lowest BCUT2D eigenvalue weighted by molar-refractivity contribution is 0.191. The van der Waals surface area contributed by atoms with Crippen molar-refractivity contribution in [1.82, 2.24) is 10.2 Å². The second-order valence-electron chi connectivity index (χ2n) is 6.29. The molecule has 98 valence electrons. The van der Waals surface area contributed by atoms with Gasteiger partial charge in [0.1, 0.15) is 0 Å². The number of fused-ring (bicyclic) bond motifs is 2. The first kappa shape index (κ1) is 11.9. The topological polar surface area (TPSA) is 49.4 Å². The molecule has 17 heavy (non-hydrogen) atoms. The molecule has 3 aliphatic heterocycles. The van der Waals surface area contributed by atoms with E-state index in [0.717, 1.165) is 12.3 Å². The molecule has 0 aromatic rings. The van der Waals surface area contributed by atoms with E-state index in [1.807, 2.05) is 0 Å². The Morgan fingerprint density at radius 2 is 2.06 bits per heavy atom. The number of nitrogens with zero attached hydrogens (tertiary/aromatic N) is 1. The van der Waals surface area contributed by atoms with Crippen molar-refractivity contribution in [1.29, 1.82) is 0 Å². The Morgan fingerprint density at radius 1 is 1.29 bits per heavy atom. The molecule has 3 fully saturated rings. The number of piperidine rings is 1. The lowest BCUT2D eigenvalue weighted by Crippen LogP contribution is -2.54. The van der Waals surface area contributed by atoms with Crippen LogP contribution in [0.3, 0.4) is 0 Å². The molecule has 3 rings (SSSR count). The molecule has 0 saturated carbocycles. The van der Waals surface area contributed by atoms with Crippen LogP contribution in [-0.2, 0) is 9.84 Å². The smallest absolute Gasteiger partial charge is 0.152 e. The lowest BCUT2D eigenvalue weighted by Gasteiger charge is -2.37. The summed E-state index contributed by atoms with van der Waals surface area (Å²) < 4.78 is 23.2. The average Bonchev–Trinajstić information content (AvgIpc) is 2.74. The molecule has 0 amide bonds. The summed E-state index contributed by atoms with van der Waals surface area (Å²) in [5, 5.41) is 3.67. The molecule has 4 atom stereocenters. The molecule has 0 spiro atoms. The Kier molecular flexibility index (Phi) is 2.76. The predicted molar refractivity (Wildman–Crippen MR) is 67.8 cm³/mol. The number of sulfone groups is 1. The number of nitrogens with one attached hydrogen (secondary N) is 1. The quantitative estimate of drug-likeness (QED) is 0.771. The molecule has 0 aliphatic carbocycles. The fraction of sp³-hybridized carbons (Fsp3) is 1.00. The van der Waals surface area contributed by atoms with Gasteiger partial charge in [-0.25, -0.2) is 8.42 Å². The molecule has 3 heterocycles. The first-order valence-corrected chi connectivity index (χ1v) is 8.48. The maximum absolute atomic E-state index is 11.6. The van der Waals surface area contributed by atoms with Crippen molar-refractivity contribution in [3.63, 3.8) is 0 Å². The third-order valence-corrected chi connectivity index (χ3v) is 6.57. The molecule has 4 nitrogen and oxygen atoms in total. The van der Waals surface area contributed by atoms with Crippen molar-refractivity contribution in [2.24, 2.45) is 5.92 Å². The van der Waals surface area contributed by atoms with Crippen LogP contribution in [0.15, 0.2) is 0 Å². The first-order valence-electron chi connectivity index (χ1n) is 6.66. The van der Waals surface area contributed by atoms with Crippen LogP contribution in [-0.4, -0.2) is 56.0 Å². The van der Waals surface area contributed by atoms with Crippen molar-refractivity contribution < 1.29 is 8.42 Å². The predicted octanol–water partition coefficient (Wildman–Crippen LogP) is 0.247. The highest BCUT2D eigenvalue weighted by molar-refractivity contribution is 7.91. The van der Waals surface area contributed by atoms with E-state index in [0.29, 0.717) is 17.5 Å². The summed E-state index contributed by atoms with van der Waals surface area (Å²) in [6, 6.07) is 0.534. The molecule has 5 heteroatoms. The molecule has 0 radical (unpaired) electrons. The highest BCUT2D eigenvalue weighted by atomic mass is 32.2. The van der Waals surface area contributed by atoms with Gasteiger partial charge in [0.25, 0.3) is 0 Å². The van der Waals surface area contributed by atoms with Crippen LogP contribution >= 0.6 is 0 Å². The summed E-state index contributed by atoms with van der Waals surface area (Å²) in [7, 11) is -2.79. The summed E-state index contributed by atoms with van der Waals surface area (Å²) in [6.07, 6.45) is 3.24. The summed E-state index contributed by atoms with van der Waals surface area (Å²) in [4.78, 5) is 2.52. The normalized spacial score (nSPS) is 48.4. The minimum atomic E-state index is -2.79. The SMILES string of the molecule is CC1(NC2CCN3CCC2C3)CCS(=O)(=O)C1. The zero-order valence-electron chi connectivity index (χ0n) is 10.5. The van der Waals surface area contributed by atoms with Crippen LogP contribution in [0.1, 0.15) is 26.2 Å².